The Labute approximate surface area is 134 Å². The molecule has 0 heterocycles. The number of hydrogen-bond acceptors (Lipinski definition) is 0. The van der Waals surface area contributed by atoms with Gasteiger partial charge in [0, 0.05) is 21.7 Å². The molecule has 0 radical (unpaired) electrons. The van der Waals surface area contributed by atoms with E-state index in [1.165, 1.54) is 0 Å². The third kappa shape index (κ3) is 44.1. The van der Waals surface area contributed by atoms with Crippen LogP contribution in [0, 0.1) is 0 Å². The second-order valence-corrected chi connectivity index (χ2v) is 0. The molecule has 0 aliphatic rings. The zero-order valence-electron chi connectivity index (χ0n) is 7.21. The molecule has 0 unspecified atom stereocenters. The summed E-state index contributed by atoms with van der Waals surface area (Å²) in [6, 6.07) is 0. The van der Waals surface area contributed by atoms with Gasteiger partial charge in [0.2, 0.25) is 0 Å². The van der Waals surface area contributed by atoms with E-state index in [1.54, 1.807) is 0 Å². The molecule has 0 saturated carbocycles. The van der Waals surface area contributed by atoms with Gasteiger partial charge in [0.25, 0.3) is 0 Å². The van der Waals surface area contributed by atoms with Gasteiger partial charge in [-0.1, -0.05) is 0 Å². The van der Waals surface area contributed by atoms with Crippen LogP contribution in [0.1, 0.15) is 4.28 Å². The summed E-state index contributed by atoms with van der Waals surface area (Å²) >= 11 is 0. The Morgan fingerprint density at radius 3 is 0.714 bits per heavy atom. The molecule has 0 amide bonds. The first kappa shape index (κ1) is 78.4. The van der Waals surface area contributed by atoms with Crippen molar-refractivity contribution in [2.45, 2.75) is 0 Å². The van der Waals surface area contributed by atoms with Crippen LogP contribution < -0.4 is 51.4 Å². The SMILES string of the molecule is O.O.O.O.[Ca+2].[H-].[H-].[H-].[K+].[Ti]. The van der Waals surface area contributed by atoms with Gasteiger partial charge in [-0.15, -0.1) is 0 Å². The first-order valence-corrected chi connectivity index (χ1v) is 0. The van der Waals surface area contributed by atoms with Gasteiger partial charge in [-0.2, -0.15) is 0 Å². The van der Waals surface area contributed by atoms with E-state index in [-0.39, 0.29) is 137 Å². The first-order valence-electron chi connectivity index (χ1n) is 0. The van der Waals surface area contributed by atoms with Crippen molar-refractivity contribution in [2.24, 2.45) is 0 Å². The van der Waals surface area contributed by atoms with Crippen molar-refractivity contribution in [2.75, 3.05) is 0 Å². The predicted octanol–water partition coefficient (Wildman–Crippen LogP) is -6.34. The number of rotatable bonds is 0. The molecule has 0 fully saturated rings. The average Bonchev–Trinajstić information content (AvgIpc) is 0. The Balaban J connectivity index is 0. The van der Waals surface area contributed by atoms with E-state index in [4.69, 9.17) is 0 Å². The van der Waals surface area contributed by atoms with Crippen LogP contribution in [0.3, 0.4) is 0 Å². The Kier molecular flexibility index (Phi) is 635. The summed E-state index contributed by atoms with van der Waals surface area (Å²) in [5.41, 5.74) is 0. The molecule has 0 aromatic heterocycles. The van der Waals surface area contributed by atoms with Gasteiger partial charge in [0.05, 0.1) is 0 Å². The Morgan fingerprint density at radius 2 is 0.714 bits per heavy atom. The molecular formula is H11CaKO4Ti. The largest absolute Gasteiger partial charge is 2.00 e. The summed E-state index contributed by atoms with van der Waals surface area (Å²) in [6.45, 7) is 0. The molecule has 0 atom stereocenters. The zero-order chi connectivity index (χ0) is 0. The third-order valence-electron chi connectivity index (χ3n) is 0. The van der Waals surface area contributed by atoms with E-state index in [1.807, 2.05) is 0 Å². The maximum Gasteiger partial charge on any atom is 2.00 e. The van der Waals surface area contributed by atoms with E-state index < -0.39 is 0 Å². The molecule has 0 bridgehead atoms. The fourth-order valence-corrected chi connectivity index (χ4v) is 0. The Morgan fingerprint density at radius 1 is 0.714 bits per heavy atom. The fraction of sp³-hybridized carbons (Fsp3) is 0. The number of hydrogen-bond donors (Lipinski definition) is 0. The smallest absolute Gasteiger partial charge is 1.00 e. The van der Waals surface area contributed by atoms with Crippen molar-refractivity contribution in [1.29, 1.82) is 0 Å². The van der Waals surface area contributed by atoms with E-state index in [0.29, 0.717) is 0 Å². The summed E-state index contributed by atoms with van der Waals surface area (Å²) in [6.07, 6.45) is 0. The standard InChI is InChI=1S/Ca.K.4H2O.Ti.3H/h;;4*1H2;;;;/q+2;+1;;;;;;3*-1. The quantitative estimate of drug-likeness (QED) is 0.346. The molecule has 0 rings (SSSR count). The maximum absolute atomic E-state index is 0. The summed E-state index contributed by atoms with van der Waals surface area (Å²) < 4.78 is 0. The Bertz CT molecular complexity index is 20.5. The minimum atomic E-state index is 0. The Hall–Kier alpha value is 3.45. The molecule has 0 saturated heterocycles. The van der Waals surface area contributed by atoms with Crippen LogP contribution in [0.5, 0.6) is 0 Å². The van der Waals surface area contributed by atoms with Crippen LogP contribution >= 0.6 is 0 Å². The van der Waals surface area contributed by atoms with E-state index >= 15 is 0 Å². The molecule has 0 aliphatic carbocycles. The van der Waals surface area contributed by atoms with Gasteiger partial charge < -0.3 is 26.2 Å². The third-order valence-corrected chi connectivity index (χ3v) is 0. The molecule has 7 heavy (non-hydrogen) atoms. The van der Waals surface area contributed by atoms with Crippen molar-refractivity contribution in [3.63, 3.8) is 0 Å². The van der Waals surface area contributed by atoms with Crippen LogP contribution in [0.25, 0.3) is 0 Å². The zero-order valence-corrected chi connectivity index (χ0v) is 11.1. The van der Waals surface area contributed by atoms with Crippen LogP contribution in [-0.2, 0) is 21.7 Å². The van der Waals surface area contributed by atoms with Crippen LogP contribution in [-0.4, -0.2) is 59.6 Å². The molecular weight excluding hydrogens is 191 g/mol. The predicted molar refractivity (Wildman–Crippen MR) is 23.5 cm³/mol. The topological polar surface area (TPSA) is 126 Å². The van der Waals surface area contributed by atoms with Crippen molar-refractivity contribution in [3.8, 4) is 0 Å². The van der Waals surface area contributed by atoms with Crippen molar-refractivity contribution in [3.05, 3.63) is 0 Å². The summed E-state index contributed by atoms with van der Waals surface area (Å²) in [4.78, 5) is 0. The molecule has 8 N–H and O–H groups in total. The molecule has 0 spiro atoms. The summed E-state index contributed by atoms with van der Waals surface area (Å²) in [5.74, 6) is 0. The van der Waals surface area contributed by atoms with Crippen molar-refractivity contribution < 1.29 is 99.3 Å². The molecule has 0 aliphatic heterocycles. The van der Waals surface area contributed by atoms with Gasteiger partial charge in [-0.3, -0.25) is 0 Å². The normalized spacial score (nSPS) is 0. The van der Waals surface area contributed by atoms with Crippen molar-refractivity contribution in [1.82, 2.24) is 0 Å². The monoisotopic (exact) mass is 202 g/mol. The molecule has 4 nitrogen and oxygen atoms in total. The van der Waals surface area contributed by atoms with Gasteiger partial charge in [0.15, 0.2) is 0 Å². The minimum Gasteiger partial charge on any atom is -1.00 e. The van der Waals surface area contributed by atoms with Crippen molar-refractivity contribution >= 4 is 37.7 Å². The van der Waals surface area contributed by atoms with Crippen LogP contribution in [0.2, 0.25) is 0 Å². The van der Waals surface area contributed by atoms with Crippen LogP contribution in [0.4, 0.5) is 0 Å². The molecule has 0 aromatic rings. The molecule has 0 aromatic carbocycles. The maximum atomic E-state index is 0. The summed E-state index contributed by atoms with van der Waals surface area (Å²) in [5, 5.41) is 0. The minimum absolute atomic E-state index is 0. The molecule has 42 valence electrons. The van der Waals surface area contributed by atoms with Crippen LogP contribution in [0.15, 0.2) is 0 Å². The van der Waals surface area contributed by atoms with Gasteiger partial charge in [0.1, 0.15) is 0 Å². The van der Waals surface area contributed by atoms with Gasteiger partial charge in [-0.25, -0.2) is 0 Å². The van der Waals surface area contributed by atoms with E-state index in [0.717, 1.165) is 0 Å². The second-order valence-electron chi connectivity index (χ2n) is 0. The summed E-state index contributed by atoms with van der Waals surface area (Å²) in [7, 11) is 0. The first-order chi connectivity index (χ1) is 0. The average molecular weight is 202 g/mol. The molecule has 7 heteroatoms. The van der Waals surface area contributed by atoms with Gasteiger partial charge >= 0.3 is 89.1 Å². The second kappa shape index (κ2) is 56.7. The van der Waals surface area contributed by atoms with Gasteiger partial charge in [-0.05, 0) is 0 Å². The van der Waals surface area contributed by atoms with E-state index in [9.17, 15) is 0 Å². The fourth-order valence-electron chi connectivity index (χ4n) is 0. The van der Waals surface area contributed by atoms with E-state index in [2.05, 4.69) is 0 Å².